The summed E-state index contributed by atoms with van der Waals surface area (Å²) < 4.78 is 5.44. The van der Waals surface area contributed by atoms with E-state index in [2.05, 4.69) is 25.8 Å². The van der Waals surface area contributed by atoms with Crippen LogP contribution in [0.2, 0.25) is 0 Å². The number of nitrogens with two attached hydrogens (primary N) is 1. The smallest absolute Gasteiger partial charge is 0.0469 e. The third-order valence-electron chi connectivity index (χ3n) is 4.72. The normalized spacial score (nSPS) is 21.2. The average Bonchev–Trinajstić information content (AvgIpc) is 2.42. The molecule has 0 amide bonds. The van der Waals surface area contributed by atoms with Gasteiger partial charge in [0.1, 0.15) is 0 Å². The number of nitrogens with zero attached hydrogens (tertiary/aromatic N) is 1. The quantitative estimate of drug-likeness (QED) is 0.725. The van der Waals surface area contributed by atoms with Gasteiger partial charge in [0, 0.05) is 31.8 Å². The Hall–Kier alpha value is -0.120. The van der Waals surface area contributed by atoms with Crippen LogP contribution in [0, 0.1) is 5.92 Å². The zero-order valence-corrected chi connectivity index (χ0v) is 12.6. The molecule has 0 saturated carbocycles. The summed E-state index contributed by atoms with van der Waals surface area (Å²) in [6.07, 6.45) is 7.35. The highest BCUT2D eigenvalue weighted by Crippen LogP contribution is 2.27. The molecule has 0 aromatic rings. The van der Waals surface area contributed by atoms with Crippen LogP contribution in [-0.4, -0.2) is 43.8 Å². The highest BCUT2D eigenvalue weighted by Gasteiger charge is 2.32. The van der Waals surface area contributed by atoms with Crippen molar-refractivity contribution in [3.8, 4) is 0 Å². The van der Waals surface area contributed by atoms with Crippen molar-refractivity contribution in [1.29, 1.82) is 0 Å². The van der Waals surface area contributed by atoms with E-state index in [0.717, 1.165) is 32.1 Å². The molecule has 0 aromatic heterocycles. The van der Waals surface area contributed by atoms with Gasteiger partial charge in [0.15, 0.2) is 0 Å². The lowest BCUT2D eigenvalue weighted by Crippen LogP contribution is -2.53. The van der Waals surface area contributed by atoms with Crippen LogP contribution >= 0.6 is 0 Å². The number of likely N-dealkylation sites (N-methyl/N-ethyl adjacent to an activating group) is 1. The monoisotopic (exact) mass is 256 g/mol. The predicted octanol–water partition coefficient (Wildman–Crippen LogP) is 2.64. The number of hydrogen-bond acceptors (Lipinski definition) is 3. The molecule has 0 radical (unpaired) electrons. The lowest BCUT2D eigenvalue weighted by Gasteiger charge is -2.43. The number of unbranched alkanes of at least 4 members (excludes halogenated alkanes) is 1. The Morgan fingerprint density at radius 2 is 1.94 bits per heavy atom. The van der Waals surface area contributed by atoms with Crippen molar-refractivity contribution in [2.45, 2.75) is 57.9 Å². The maximum atomic E-state index is 6.10. The summed E-state index contributed by atoms with van der Waals surface area (Å²) in [6.45, 7) is 8.38. The predicted molar refractivity (Wildman–Crippen MR) is 77.8 cm³/mol. The Morgan fingerprint density at radius 3 is 2.44 bits per heavy atom. The highest BCUT2D eigenvalue weighted by atomic mass is 16.5. The highest BCUT2D eigenvalue weighted by molar-refractivity contribution is 4.90. The van der Waals surface area contributed by atoms with E-state index in [0.29, 0.717) is 0 Å². The molecule has 0 aliphatic carbocycles. The second-order valence-corrected chi connectivity index (χ2v) is 5.82. The van der Waals surface area contributed by atoms with Crippen molar-refractivity contribution in [3.63, 3.8) is 0 Å². The van der Waals surface area contributed by atoms with E-state index in [4.69, 9.17) is 10.5 Å². The van der Waals surface area contributed by atoms with E-state index >= 15 is 0 Å². The van der Waals surface area contributed by atoms with Crippen LogP contribution in [0.25, 0.3) is 0 Å². The van der Waals surface area contributed by atoms with E-state index in [1.165, 1.54) is 38.6 Å². The molecule has 2 N–H and O–H groups in total. The lowest BCUT2D eigenvalue weighted by molar-refractivity contribution is 0.0298. The minimum Gasteiger partial charge on any atom is -0.381 e. The van der Waals surface area contributed by atoms with Crippen LogP contribution in [-0.2, 0) is 4.74 Å². The van der Waals surface area contributed by atoms with Gasteiger partial charge in [-0.3, -0.25) is 4.90 Å². The zero-order chi connectivity index (χ0) is 13.4. The fourth-order valence-corrected chi connectivity index (χ4v) is 3.06. The zero-order valence-electron chi connectivity index (χ0n) is 12.6. The van der Waals surface area contributed by atoms with Crippen molar-refractivity contribution in [1.82, 2.24) is 4.90 Å². The third-order valence-corrected chi connectivity index (χ3v) is 4.72. The van der Waals surface area contributed by atoms with Gasteiger partial charge < -0.3 is 10.5 Å². The molecule has 1 rings (SSSR count). The molecule has 0 bridgehead atoms. The first-order valence-electron chi connectivity index (χ1n) is 7.67. The van der Waals surface area contributed by atoms with Crippen LogP contribution < -0.4 is 5.73 Å². The standard InChI is InChI=1S/C15H32N2O/c1-4-6-9-15(5-2,13-16)17(3)12-14-7-10-18-11-8-14/h14H,4-13,16H2,1-3H3. The van der Waals surface area contributed by atoms with E-state index in [-0.39, 0.29) is 5.54 Å². The summed E-state index contributed by atoms with van der Waals surface area (Å²) in [5, 5.41) is 0. The molecule has 1 heterocycles. The molecule has 18 heavy (non-hydrogen) atoms. The minimum atomic E-state index is 0.217. The van der Waals surface area contributed by atoms with Gasteiger partial charge in [-0.05, 0) is 38.6 Å². The summed E-state index contributed by atoms with van der Waals surface area (Å²) in [4.78, 5) is 2.54. The maximum Gasteiger partial charge on any atom is 0.0469 e. The first kappa shape index (κ1) is 15.9. The second kappa shape index (κ2) is 8.13. The SMILES string of the molecule is CCCCC(CC)(CN)N(C)CC1CCOCC1. The van der Waals surface area contributed by atoms with Gasteiger partial charge in [0.05, 0.1) is 0 Å². The number of ether oxygens (including phenoxy) is 1. The van der Waals surface area contributed by atoms with Crippen LogP contribution in [0.3, 0.4) is 0 Å². The molecule has 108 valence electrons. The third kappa shape index (κ3) is 4.22. The molecule has 3 nitrogen and oxygen atoms in total. The molecule has 1 fully saturated rings. The van der Waals surface area contributed by atoms with Crippen LogP contribution in [0.5, 0.6) is 0 Å². The van der Waals surface area contributed by atoms with Crippen molar-refractivity contribution >= 4 is 0 Å². The van der Waals surface area contributed by atoms with Gasteiger partial charge in [-0.2, -0.15) is 0 Å². The molecule has 1 aliphatic rings. The summed E-state index contributed by atoms with van der Waals surface area (Å²) in [7, 11) is 2.27. The lowest BCUT2D eigenvalue weighted by atomic mass is 9.86. The van der Waals surface area contributed by atoms with Gasteiger partial charge in [0.2, 0.25) is 0 Å². The summed E-state index contributed by atoms with van der Waals surface area (Å²) in [6, 6.07) is 0. The number of hydrogen-bond donors (Lipinski definition) is 1. The van der Waals surface area contributed by atoms with Gasteiger partial charge in [-0.25, -0.2) is 0 Å². The topological polar surface area (TPSA) is 38.5 Å². The van der Waals surface area contributed by atoms with Crippen LogP contribution in [0.15, 0.2) is 0 Å². The second-order valence-electron chi connectivity index (χ2n) is 5.82. The molecular weight excluding hydrogens is 224 g/mol. The van der Waals surface area contributed by atoms with Crippen LogP contribution in [0.4, 0.5) is 0 Å². The van der Waals surface area contributed by atoms with Crippen molar-refractivity contribution in [2.24, 2.45) is 11.7 Å². The summed E-state index contributed by atoms with van der Waals surface area (Å²) >= 11 is 0. The molecule has 3 heteroatoms. The van der Waals surface area contributed by atoms with Crippen molar-refractivity contribution in [3.05, 3.63) is 0 Å². The van der Waals surface area contributed by atoms with E-state index in [9.17, 15) is 0 Å². The molecule has 0 aromatic carbocycles. The molecular formula is C15H32N2O. The average molecular weight is 256 g/mol. The van der Waals surface area contributed by atoms with Crippen LogP contribution in [0.1, 0.15) is 52.4 Å². The van der Waals surface area contributed by atoms with Gasteiger partial charge in [-0.15, -0.1) is 0 Å². The molecule has 0 spiro atoms. The number of rotatable bonds is 8. The molecule has 1 saturated heterocycles. The van der Waals surface area contributed by atoms with E-state index < -0.39 is 0 Å². The largest absolute Gasteiger partial charge is 0.381 e. The van der Waals surface area contributed by atoms with Gasteiger partial charge in [0.25, 0.3) is 0 Å². The Labute approximate surface area is 113 Å². The Morgan fingerprint density at radius 1 is 1.28 bits per heavy atom. The first-order valence-corrected chi connectivity index (χ1v) is 7.67. The molecule has 1 unspecified atom stereocenters. The van der Waals surface area contributed by atoms with Crippen molar-refractivity contribution < 1.29 is 4.74 Å². The molecule has 1 atom stereocenters. The van der Waals surface area contributed by atoms with E-state index in [1.807, 2.05) is 0 Å². The summed E-state index contributed by atoms with van der Waals surface area (Å²) in [5.74, 6) is 0.794. The summed E-state index contributed by atoms with van der Waals surface area (Å²) in [5.41, 5.74) is 6.32. The first-order chi connectivity index (χ1) is 8.68. The Balaban J connectivity index is 2.54. The molecule has 1 aliphatic heterocycles. The fraction of sp³-hybridized carbons (Fsp3) is 1.00. The van der Waals surface area contributed by atoms with Gasteiger partial charge >= 0.3 is 0 Å². The van der Waals surface area contributed by atoms with Gasteiger partial charge in [-0.1, -0.05) is 26.7 Å². The Kier molecular flexibility index (Phi) is 7.20. The minimum absolute atomic E-state index is 0.217. The van der Waals surface area contributed by atoms with E-state index in [1.54, 1.807) is 0 Å². The van der Waals surface area contributed by atoms with Crippen molar-refractivity contribution in [2.75, 3.05) is 33.4 Å². The fourth-order valence-electron chi connectivity index (χ4n) is 3.06. The Bertz CT molecular complexity index is 211. The maximum absolute atomic E-state index is 6.10.